The summed E-state index contributed by atoms with van der Waals surface area (Å²) >= 11 is 19.5. The van der Waals surface area contributed by atoms with Crippen LogP contribution in [0.3, 0.4) is 0 Å². The summed E-state index contributed by atoms with van der Waals surface area (Å²) in [6.45, 7) is 6.04. The third-order valence-corrected chi connectivity index (χ3v) is 6.89. The van der Waals surface area contributed by atoms with Crippen LogP contribution in [0.1, 0.15) is 38.3 Å². The summed E-state index contributed by atoms with van der Waals surface area (Å²) in [5.41, 5.74) is 1.90. The normalized spacial score (nSPS) is 12.8. The Morgan fingerprint density at radius 2 is 1.65 bits per heavy atom. The number of benzene rings is 2. The smallest absolute Gasteiger partial charge is 0.242 e. The van der Waals surface area contributed by atoms with E-state index in [1.807, 2.05) is 32.0 Å². The van der Waals surface area contributed by atoms with Crippen molar-refractivity contribution in [3.63, 3.8) is 0 Å². The molecule has 0 aliphatic rings. The molecule has 0 bridgehead atoms. The largest absolute Gasteiger partial charge is 0.352 e. The molecule has 0 aromatic heterocycles. The topological polar surface area (TPSA) is 49.4 Å². The van der Waals surface area contributed by atoms with Gasteiger partial charge in [-0.2, -0.15) is 0 Å². The number of amides is 2. The van der Waals surface area contributed by atoms with Crippen molar-refractivity contribution in [1.82, 2.24) is 10.2 Å². The lowest BCUT2D eigenvalue weighted by atomic mass is 10.1. The van der Waals surface area contributed by atoms with E-state index in [1.54, 1.807) is 36.1 Å². The SMILES string of the molecule is CC[C@H](C)NC(=O)[C@H](C)N(Cc1ccc(Cl)cc1)C(=O)CSCc1ccc(Cl)c(Cl)c1. The lowest BCUT2D eigenvalue weighted by Crippen LogP contribution is -2.50. The molecular weight excluding hydrogens is 475 g/mol. The molecule has 2 aromatic rings. The van der Waals surface area contributed by atoms with E-state index in [9.17, 15) is 9.59 Å². The predicted octanol–water partition coefficient (Wildman–Crippen LogP) is 6.21. The van der Waals surface area contributed by atoms with E-state index in [-0.39, 0.29) is 23.6 Å². The molecule has 0 heterocycles. The number of halogens is 3. The highest BCUT2D eigenvalue weighted by Gasteiger charge is 2.26. The van der Waals surface area contributed by atoms with Crippen molar-refractivity contribution in [2.45, 2.75) is 51.6 Å². The summed E-state index contributed by atoms with van der Waals surface area (Å²) < 4.78 is 0. The fourth-order valence-electron chi connectivity index (χ4n) is 2.80. The second kappa shape index (κ2) is 12.6. The predicted molar refractivity (Wildman–Crippen MR) is 132 cm³/mol. The maximum Gasteiger partial charge on any atom is 0.242 e. The Labute approximate surface area is 203 Å². The van der Waals surface area contributed by atoms with E-state index in [1.165, 1.54) is 11.8 Å². The molecule has 0 fully saturated rings. The van der Waals surface area contributed by atoms with Gasteiger partial charge in [0.15, 0.2) is 0 Å². The highest BCUT2D eigenvalue weighted by Crippen LogP contribution is 2.25. The first-order chi connectivity index (χ1) is 14.7. The molecule has 4 nitrogen and oxygen atoms in total. The van der Waals surface area contributed by atoms with Crippen LogP contribution in [0.5, 0.6) is 0 Å². The number of rotatable bonds is 10. The van der Waals surface area contributed by atoms with Gasteiger partial charge in [-0.25, -0.2) is 0 Å². The van der Waals surface area contributed by atoms with E-state index in [4.69, 9.17) is 34.8 Å². The number of carbonyl (C=O) groups is 2. The Balaban J connectivity index is 2.07. The van der Waals surface area contributed by atoms with Crippen molar-refractivity contribution >= 4 is 58.4 Å². The third kappa shape index (κ3) is 8.23. The van der Waals surface area contributed by atoms with Crippen molar-refractivity contribution < 1.29 is 9.59 Å². The second-order valence-corrected chi connectivity index (χ2v) is 9.62. The maximum atomic E-state index is 13.1. The Hall–Kier alpha value is -1.40. The highest BCUT2D eigenvalue weighted by atomic mass is 35.5. The Morgan fingerprint density at radius 1 is 1.00 bits per heavy atom. The fourth-order valence-corrected chi connectivity index (χ4v) is 4.11. The minimum Gasteiger partial charge on any atom is -0.352 e. The quantitative estimate of drug-likeness (QED) is 0.421. The summed E-state index contributed by atoms with van der Waals surface area (Å²) in [4.78, 5) is 27.4. The molecule has 0 radical (unpaired) electrons. The Morgan fingerprint density at radius 3 is 2.26 bits per heavy atom. The molecular formula is C23H27Cl3N2O2S. The highest BCUT2D eigenvalue weighted by molar-refractivity contribution is 7.99. The van der Waals surface area contributed by atoms with Gasteiger partial charge in [-0.3, -0.25) is 9.59 Å². The van der Waals surface area contributed by atoms with Gasteiger partial charge >= 0.3 is 0 Å². The van der Waals surface area contributed by atoms with Crippen molar-refractivity contribution in [2.75, 3.05) is 5.75 Å². The summed E-state index contributed by atoms with van der Waals surface area (Å²) in [6.07, 6.45) is 0.823. The zero-order valence-electron chi connectivity index (χ0n) is 17.8. The van der Waals surface area contributed by atoms with Gasteiger partial charge in [-0.1, -0.05) is 59.9 Å². The zero-order valence-corrected chi connectivity index (χ0v) is 20.9. The lowest BCUT2D eigenvalue weighted by Gasteiger charge is -2.29. The van der Waals surface area contributed by atoms with Crippen LogP contribution in [-0.2, 0) is 21.9 Å². The van der Waals surface area contributed by atoms with E-state index in [2.05, 4.69) is 5.32 Å². The van der Waals surface area contributed by atoms with Gasteiger partial charge in [0, 0.05) is 23.4 Å². The third-order valence-electron chi connectivity index (χ3n) is 4.91. The van der Waals surface area contributed by atoms with E-state index in [0.29, 0.717) is 27.4 Å². The lowest BCUT2D eigenvalue weighted by molar-refractivity contribution is -0.138. The standard InChI is InChI=1S/C23H27Cl3N2O2S/c1-4-15(2)27-23(30)16(3)28(12-17-5-8-19(24)9-6-17)22(29)14-31-13-18-7-10-20(25)21(26)11-18/h5-11,15-16H,4,12-14H2,1-3H3,(H,27,30)/t15-,16-/m0/s1. The molecule has 0 saturated carbocycles. The average molecular weight is 502 g/mol. The molecule has 0 aliphatic heterocycles. The molecule has 2 aromatic carbocycles. The van der Waals surface area contributed by atoms with Gasteiger partial charge < -0.3 is 10.2 Å². The summed E-state index contributed by atoms with van der Waals surface area (Å²) in [6, 6.07) is 12.2. The van der Waals surface area contributed by atoms with Gasteiger partial charge in [0.05, 0.1) is 15.8 Å². The molecule has 0 aliphatic carbocycles. The number of nitrogens with zero attached hydrogens (tertiary/aromatic N) is 1. The van der Waals surface area contributed by atoms with Crippen LogP contribution in [0.15, 0.2) is 42.5 Å². The van der Waals surface area contributed by atoms with Gasteiger partial charge in [0.25, 0.3) is 0 Å². The van der Waals surface area contributed by atoms with Crippen molar-refractivity contribution in [3.8, 4) is 0 Å². The number of nitrogens with one attached hydrogen (secondary N) is 1. The molecule has 2 atom stereocenters. The molecule has 0 saturated heterocycles. The zero-order chi connectivity index (χ0) is 23.0. The minimum atomic E-state index is -0.595. The molecule has 168 valence electrons. The van der Waals surface area contributed by atoms with Crippen molar-refractivity contribution in [2.24, 2.45) is 0 Å². The van der Waals surface area contributed by atoms with Crippen LogP contribution >= 0.6 is 46.6 Å². The minimum absolute atomic E-state index is 0.0477. The molecule has 8 heteroatoms. The van der Waals surface area contributed by atoms with Crippen LogP contribution in [0.4, 0.5) is 0 Å². The average Bonchev–Trinajstić information content (AvgIpc) is 2.75. The summed E-state index contributed by atoms with van der Waals surface area (Å²) in [7, 11) is 0. The van der Waals surface area contributed by atoms with Gasteiger partial charge in [-0.05, 0) is 55.7 Å². The monoisotopic (exact) mass is 500 g/mol. The van der Waals surface area contributed by atoms with E-state index >= 15 is 0 Å². The first-order valence-corrected chi connectivity index (χ1v) is 12.4. The number of thioether (sulfide) groups is 1. The fraction of sp³-hybridized carbons (Fsp3) is 0.391. The van der Waals surface area contributed by atoms with Crippen LogP contribution in [0.2, 0.25) is 15.1 Å². The summed E-state index contributed by atoms with van der Waals surface area (Å²) in [5.74, 6) is 0.595. The number of hydrogen-bond donors (Lipinski definition) is 1. The molecule has 2 amide bonds. The molecule has 31 heavy (non-hydrogen) atoms. The van der Waals surface area contributed by atoms with E-state index in [0.717, 1.165) is 17.5 Å². The number of hydrogen-bond acceptors (Lipinski definition) is 3. The molecule has 1 N–H and O–H groups in total. The maximum absolute atomic E-state index is 13.1. The van der Waals surface area contributed by atoms with Gasteiger partial charge in [0.2, 0.25) is 11.8 Å². The second-order valence-electron chi connectivity index (χ2n) is 7.38. The molecule has 0 unspecified atom stereocenters. The van der Waals surface area contributed by atoms with Crippen LogP contribution in [0, 0.1) is 0 Å². The molecule has 0 spiro atoms. The van der Waals surface area contributed by atoms with E-state index < -0.39 is 6.04 Å². The van der Waals surface area contributed by atoms with Crippen LogP contribution in [0.25, 0.3) is 0 Å². The molecule has 2 rings (SSSR count). The first kappa shape index (κ1) is 25.9. The van der Waals surface area contributed by atoms with Gasteiger partial charge in [-0.15, -0.1) is 11.8 Å². The van der Waals surface area contributed by atoms with Crippen LogP contribution in [-0.4, -0.2) is 34.6 Å². The Kier molecular flexibility index (Phi) is 10.5. The first-order valence-electron chi connectivity index (χ1n) is 10.1. The van der Waals surface area contributed by atoms with Crippen molar-refractivity contribution in [3.05, 3.63) is 68.7 Å². The van der Waals surface area contributed by atoms with Crippen molar-refractivity contribution in [1.29, 1.82) is 0 Å². The van der Waals surface area contributed by atoms with Gasteiger partial charge in [0.1, 0.15) is 6.04 Å². The van der Waals surface area contributed by atoms with Crippen LogP contribution < -0.4 is 5.32 Å². The summed E-state index contributed by atoms with van der Waals surface area (Å²) in [5, 5.41) is 4.58. The number of carbonyl (C=O) groups excluding carboxylic acids is 2. The Bertz CT molecular complexity index is 893.